The summed E-state index contributed by atoms with van der Waals surface area (Å²) in [6, 6.07) is 0. The van der Waals surface area contributed by atoms with Crippen LogP contribution in [0.3, 0.4) is 0 Å². The summed E-state index contributed by atoms with van der Waals surface area (Å²) >= 11 is 2.69. The minimum absolute atomic E-state index is 0.667. The number of carboxylic acid groups (broad SMARTS) is 1. The van der Waals surface area contributed by atoms with Crippen molar-refractivity contribution in [2.24, 2.45) is 0 Å². The molecule has 0 aromatic heterocycles. The van der Waals surface area contributed by atoms with E-state index in [2.05, 4.69) is 0 Å². The van der Waals surface area contributed by atoms with Crippen molar-refractivity contribution in [1.82, 2.24) is 0 Å². The van der Waals surface area contributed by atoms with Crippen molar-refractivity contribution in [2.75, 3.05) is 12.5 Å². The van der Waals surface area contributed by atoms with Gasteiger partial charge in [0.2, 0.25) is 0 Å². The number of hydrogen-bond acceptors (Lipinski definition) is 3. The Balaban J connectivity index is 4.09. The Kier molecular flexibility index (Phi) is 3.43. The van der Waals surface area contributed by atoms with E-state index in [1.807, 2.05) is 0 Å². The second-order valence-corrected chi connectivity index (χ2v) is 4.37. The molecule has 0 aromatic carbocycles. The predicted octanol–water partition coefficient (Wildman–Crippen LogP) is 1.51. The van der Waals surface area contributed by atoms with Gasteiger partial charge in [0.05, 0.1) is 0 Å². The molecule has 0 aromatic rings. The second-order valence-electron chi connectivity index (χ2n) is 1.66. The molecule has 9 heavy (non-hydrogen) atoms. The third-order valence-corrected chi connectivity index (χ3v) is 4.07. The Labute approximate surface area is 63.4 Å². The molecule has 0 aliphatic heterocycles. The first kappa shape index (κ1) is 9.17. The molecule has 4 heteroatoms. The lowest BCUT2D eigenvalue weighted by Gasteiger charge is -2.18. The van der Waals surface area contributed by atoms with Gasteiger partial charge in [-0.3, -0.25) is 0 Å². The van der Waals surface area contributed by atoms with Gasteiger partial charge in [-0.1, -0.05) is 0 Å². The zero-order chi connectivity index (χ0) is 7.49. The van der Waals surface area contributed by atoms with Crippen molar-refractivity contribution in [3.05, 3.63) is 0 Å². The first-order valence-corrected chi connectivity index (χ1v) is 4.85. The summed E-state index contributed by atoms with van der Waals surface area (Å²) in [5, 5.41) is 8.59. The summed E-state index contributed by atoms with van der Waals surface area (Å²) in [5.41, 5.74) is 0. The highest BCUT2D eigenvalue weighted by molar-refractivity contribution is 8.18. The van der Waals surface area contributed by atoms with Crippen LogP contribution in [0.5, 0.6) is 0 Å². The minimum Gasteiger partial charge on any atom is -0.480 e. The lowest BCUT2D eigenvalue weighted by atomic mass is 10.5. The van der Waals surface area contributed by atoms with E-state index in [0.29, 0.717) is 0 Å². The van der Waals surface area contributed by atoms with Gasteiger partial charge in [0.15, 0.2) is 4.08 Å². The van der Waals surface area contributed by atoms with Crippen molar-refractivity contribution in [3.8, 4) is 0 Å². The Bertz CT molecular complexity index is 110. The third kappa shape index (κ3) is 2.10. The van der Waals surface area contributed by atoms with Crippen molar-refractivity contribution in [3.63, 3.8) is 0 Å². The van der Waals surface area contributed by atoms with Crippen LogP contribution in [0.4, 0.5) is 0 Å². The van der Waals surface area contributed by atoms with Gasteiger partial charge in [-0.05, 0) is 19.4 Å². The summed E-state index contributed by atoms with van der Waals surface area (Å²) < 4.78 is -0.667. The van der Waals surface area contributed by atoms with E-state index >= 15 is 0 Å². The molecule has 0 bridgehead atoms. The highest BCUT2D eigenvalue weighted by atomic mass is 32.2. The van der Waals surface area contributed by atoms with E-state index in [4.69, 9.17) is 5.11 Å². The molecule has 0 aliphatic rings. The average molecular weight is 166 g/mol. The summed E-state index contributed by atoms with van der Waals surface area (Å²) in [7, 11) is 0. The molecule has 0 heterocycles. The number of thioether (sulfide) groups is 2. The fourth-order valence-electron chi connectivity index (χ4n) is 0.258. The highest BCUT2D eigenvalue weighted by Gasteiger charge is 2.30. The third-order valence-electron chi connectivity index (χ3n) is 1.17. The molecule has 2 nitrogen and oxygen atoms in total. The van der Waals surface area contributed by atoms with E-state index in [0.717, 1.165) is 0 Å². The SMILES string of the molecule is CSC(C)(SC)C(=O)O. The zero-order valence-electron chi connectivity index (χ0n) is 5.67. The maximum Gasteiger partial charge on any atom is 0.329 e. The number of carboxylic acids is 1. The first-order chi connectivity index (χ1) is 4.06. The van der Waals surface area contributed by atoms with Crippen LogP contribution in [0.2, 0.25) is 0 Å². The minimum atomic E-state index is -0.762. The Morgan fingerprint density at radius 2 is 1.78 bits per heavy atom. The zero-order valence-corrected chi connectivity index (χ0v) is 7.30. The smallest absolute Gasteiger partial charge is 0.329 e. The molecule has 54 valence electrons. The van der Waals surface area contributed by atoms with E-state index in [-0.39, 0.29) is 0 Å². The van der Waals surface area contributed by atoms with Crippen molar-refractivity contribution in [2.45, 2.75) is 11.0 Å². The summed E-state index contributed by atoms with van der Waals surface area (Å²) in [5.74, 6) is -0.762. The maximum absolute atomic E-state index is 10.4. The van der Waals surface area contributed by atoms with Gasteiger partial charge in [-0.15, -0.1) is 23.5 Å². The second kappa shape index (κ2) is 3.37. The van der Waals surface area contributed by atoms with E-state index < -0.39 is 10.0 Å². The van der Waals surface area contributed by atoms with Gasteiger partial charge in [-0.2, -0.15) is 0 Å². The summed E-state index contributed by atoms with van der Waals surface area (Å²) in [6.45, 7) is 1.70. The lowest BCUT2D eigenvalue weighted by molar-refractivity contribution is -0.136. The van der Waals surface area contributed by atoms with Crippen molar-refractivity contribution < 1.29 is 9.90 Å². The number of rotatable bonds is 3. The van der Waals surface area contributed by atoms with Gasteiger partial charge in [0, 0.05) is 0 Å². The van der Waals surface area contributed by atoms with Crippen LogP contribution in [0, 0.1) is 0 Å². The number of hydrogen-bond donors (Lipinski definition) is 1. The highest BCUT2D eigenvalue weighted by Crippen LogP contribution is 2.32. The largest absolute Gasteiger partial charge is 0.480 e. The van der Waals surface area contributed by atoms with E-state index in [1.54, 1.807) is 19.4 Å². The molecule has 0 atom stereocenters. The Morgan fingerprint density at radius 3 is 1.78 bits per heavy atom. The molecule has 0 radical (unpaired) electrons. The fraction of sp³-hybridized carbons (Fsp3) is 0.800. The average Bonchev–Trinajstić information content (AvgIpc) is 1.86. The van der Waals surface area contributed by atoms with Crippen LogP contribution in [0.25, 0.3) is 0 Å². The van der Waals surface area contributed by atoms with Crippen LogP contribution in [-0.2, 0) is 4.79 Å². The maximum atomic E-state index is 10.4. The summed E-state index contributed by atoms with van der Waals surface area (Å²) in [6.07, 6.45) is 3.59. The van der Waals surface area contributed by atoms with Crippen molar-refractivity contribution >= 4 is 29.5 Å². The van der Waals surface area contributed by atoms with Crippen LogP contribution in [0.1, 0.15) is 6.92 Å². The predicted molar refractivity (Wildman–Crippen MR) is 43.1 cm³/mol. The number of aliphatic carboxylic acids is 1. The van der Waals surface area contributed by atoms with Crippen LogP contribution >= 0.6 is 23.5 Å². The first-order valence-electron chi connectivity index (χ1n) is 2.40. The van der Waals surface area contributed by atoms with Crippen LogP contribution < -0.4 is 0 Å². The van der Waals surface area contributed by atoms with Gasteiger partial charge >= 0.3 is 5.97 Å². The van der Waals surface area contributed by atoms with Crippen LogP contribution in [0.15, 0.2) is 0 Å². The quantitative estimate of drug-likeness (QED) is 0.645. The number of carbonyl (C=O) groups is 1. The molecule has 0 spiro atoms. The molecule has 0 rings (SSSR count). The Morgan fingerprint density at radius 1 is 1.44 bits per heavy atom. The van der Waals surface area contributed by atoms with Crippen molar-refractivity contribution in [1.29, 1.82) is 0 Å². The molecule has 1 N–H and O–H groups in total. The molecule has 0 saturated carbocycles. The van der Waals surface area contributed by atoms with E-state index in [1.165, 1.54) is 23.5 Å². The monoisotopic (exact) mass is 166 g/mol. The molecule has 0 unspecified atom stereocenters. The van der Waals surface area contributed by atoms with E-state index in [9.17, 15) is 4.79 Å². The fourth-order valence-corrected chi connectivity index (χ4v) is 1.27. The molecular formula is C5H10O2S2. The topological polar surface area (TPSA) is 37.3 Å². The van der Waals surface area contributed by atoms with Gasteiger partial charge in [0.1, 0.15) is 0 Å². The molecule has 0 amide bonds. The molecule has 0 saturated heterocycles. The van der Waals surface area contributed by atoms with Gasteiger partial charge in [0.25, 0.3) is 0 Å². The molecule has 0 fully saturated rings. The van der Waals surface area contributed by atoms with Gasteiger partial charge < -0.3 is 5.11 Å². The lowest BCUT2D eigenvalue weighted by Crippen LogP contribution is -2.26. The molecular weight excluding hydrogens is 156 g/mol. The summed E-state index contributed by atoms with van der Waals surface area (Å²) in [4.78, 5) is 10.4. The van der Waals surface area contributed by atoms with Gasteiger partial charge in [-0.25, -0.2) is 4.79 Å². The standard InChI is InChI=1S/C5H10O2S2/c1-5(8-2,9-3)4(6)7/h1-3H3,(H,6,7). The van der Waals surface area contributed by atoms with Crippen LogP contribution in [-0.4, -0.2) is 27.7 Å². The normalized spacial score (nSPS) is 11.4. The molecule has 0 aliphatic carbocycles. The Hall–Kier alpha value is 0.170.